The van der Waals surface area contributed by atoms with E-state index >= 15 is 0 Å². The van der Waals surface area contributed by atoms with Crippen molar-refractivity contribution in [2.24, 2.45) is 0 Å². The zero-order valence-corrected chi connectivity index (χ0v) is 18.6. The molecule has 0 aliphatic heterocycles. The van der Waals surface area contributed by atoms with Gasteiger partial charge in [0.05, 0.1) is 17.1 Å². The fourth-order valence-electron chi connectivity index (χ4n) is 2.95. The minimum Gasteiger partial charge on any atom is -0.422 e. The number of aromatic nitrogens is 6. The first-order valence-corrected chi connectivity index (χ1v) is 7.45. The summed E-state index contributed by atoms with van der Waals surface area (Å²) >= 11 is 0. The van der Waals surface area contributed by atoms with Crippen LogP contribution in [0.15, 0.2) is 18.2 Å². The van der Waals surface area contributed by atoms with E-state index in [9.17, 15) is 0 Å². The van der Waals surface area contributed by atoms with Crippen molar-refractivity contribution >= 4 is 7.12 Å². The van der Waals surface area contributed by atoms with Gasteiger partial charge in [-0.1, -0.05) is 0 Å². The molecule has 3 rings (SSSR count). The summed E-state index contributed by atoms with van der Waals surface area (Å²) < 4.78 is 5.94. The quantitative estimate of drug-likeness (QED) is 0.394. The molecule has 3 aromatic rings. The molecule has 0 bridgehead atoms. The molecule has 0 atom stereocenters. The first-order valence-electron chi connectivity index (χ1n) is 7.45. The molecule has 0 unspecified atom stereocenters. The molecular weight excluding hydrogens is 494 g/mol. The average Bonchev–Trinajstić information content (AvgIpc) is 3.02. The predicted octanol–water partition coefficient (Wildman–Crippen LogP) is 2.95. The standard InChI is InChI=1S/C15H21BN6.2CH3.Pt/c1-10-7-13(4)20(17-10)16(21-14(5)8-11(2)18-21)22-15(6)9-12(3)19-22;;;/h7-9H,1-6H3;2*1H3;/q3*-1;. The van der Waals surface area contributed by atoms with Gasteiger partial charge in [-0.25, -0.2) is 15.3 Å². The van der Waals surface area contributed by atoms with Gasteiger partial charge in [0, 0.05) is 21.1 Å². The fourth-order valence-corrected chi connectivity index (χ4v) is 2.95. The second kappa shape index (κ2) is 8.66. The van der Waals surface area contributed by atoms with Gasteiger partial charge in [-0.05, 0) is 76.8 Å². The summed E-state index contributed by atoms with van der Waals surface area (Å²) in [4.78, 5) is 0. The molecule has 0 fully saturated rings. The fraction of sp³-hybridized carbons (Fsp3) is 0.353. The first-order chi connectivity index (χ1) is 10.4. The Kier molecular flexibility index (Phi) is 8.10. The van der Waals surface area contributed by atoms with Crippen molar-refractivity contribution in [1.29, 1.82) is 0 Å². The molecular formula is C17H27BN6Pt-3. The minimum absolute atomic E-state index is 0. The van der Waals surface area contributed by atoms with E-state index in [-0.39, 0.29) is 43.0 Å². The molecule has 0 aliphatic rings. The van der Waals surface area contributed by atoms with E-state index in [1.54, 1.807) is 0 Å². The SMILES string of the molecule is Cc1cc(C)n([B-](n2nc(C)cc2C)n2nc(C)cc2C)n1.[CH3-].[CH3-].[Pt]. The molecule has 8 heteroatoms. The molecule has 6 nitrogen and oxygen atoms in total. The molecule has 0 amide bonds. The van der Waals surface area contributed by atoms with E-state index in [2.05, 4.69) is 54.3 Å². The van der Waals surface area contributed by atoms with Crippen molar-refractivity contribution in [3.05, 3.63) is 67.2 Å². The smallest absolute Gasteiger partial charge is 0.261 e. The second-order valence-corrected chi connectivity index (χ2v) is 5.96. The molecule has 1 radical (unpaired) electrons. The van der Waals surface area contributed by atoms with Crippen LogP contribution in [0, 0.1) is 56.4 Å². The van der Waals surface area contributed by atoms with E-state index in [0.29, 0.717) is 0 Å². The van der Waals surface area contributed by atoms with Crippen LogP contribution in [-0.2, 0) is 21.1 Å². The Labute approximate surface area is 166 Å². The van der Waals surface area contributed by atoms with Crippen LogP contribution >= 0.6 is 0 Å². The van der Waals surface area contributed by atoms with Gasteiger partial charge in [-0.3, -0.25) is 0 Å². The number of aryl methyl sites for hydroxylation is 6. The summed E-state index contributed by atoms with van der Waals surface area (Å²) in [5.74, 6) is 0. The molecule has 0 aliphatic carbocycles. The van der Waals surface area contributed by atoms with E-state index < -0.39 is 0 Å². The summed E-state index contributed by atoms with van der Waals surface area (Å²) in [6.07, 6.45) is 0. The van der Waals surface area contributed by atoms with Gasteiger partial charge in [-0.2, -0.15) is 0 Å². The largest absolute Gasteiger partial charge is 0.422 e. The van der Waals surface area contributed by atoms with Crippen LogP contribution in [0.2, 0.25) is 0 Å². The van der Waals surface area contributed by atoms with Crippen molar-refractivity contribution in [2.75, 3.05) is 0 Å². The maximum absolute atomic E-state index is 4.66. The van der Waals surface area contributed by atoms with Gasteiger partial charge in [0.25, 0.3) is 7.12 Å². The number of hydrogen-bond donors (Lipinski definition) is 0. The van der Waals surface area contributed by atoms with E-state index in [1.807, 2.05) is 34.5 Å². The molecule has 0 spiro atoms. The molecule has 0 saturated heterocycles. The first kappa shape index (κ1) is 23.4. The topological polar surface area (TPSA) is 53.5 Å². The van der Waals surface area contributed by atoms with Crippen molar-refractivity contribution in [2.45, 2.75) is 41.5 Å². The Hall–Kier alpha value is -1.62. The molecule has 3 aromatic heterocycles. The van der Waals surface area contributed by atoms with Crippen molar-refractivity contribution in [3.8, 4) is 0 Å². The Morgan fingerprint density at radius 3 is 1.00 bits per heavy atom. The van der Waals surface area contributed by atoms with Gasteiger partial charge in [0.15, 0.2) is 0 Å². The van der Waals surface area contributed by atoms with Crippen LogP contribution in [0.5, 0.6) is 0 Å². The Bertz CT molecular complexity index is 722. The maximum Gasteiger partial charge on any atom is 0.261 e. The summed E-state index contributed by atoms with van der Waals surface area (Å²) in [5, 5.41) is 14.0. The van der Waals surface area contributed by atoms with E-state index in [0.717, 1.165) is 34.2 Å². The third-order valence-corrected chi connectivity index (χ3v) is 3.79. The van der Waals surface area contributed by atoms with Crippen LogP contribution in [-0.4, -0.2) is 36.2 Å². The Morgan fingerprint density at radius 2 is 0.840 bits per heavy atom. The number of rotatable bonds is 3. The Morgan fingerprint density at radius 1 is 0.600 bits per heavy atom. The van der Waals surface area contributed by atoms with Crippen LogP contribution in [0.1, 0.15) is 34.2 Å². The van der Waals surface area contributed by atoms with E-state index in [4.69, 9.17) is 0 Å². The third-order valence-electron chi connectivity index (χ3n) is 3.79. The summed E-state index contributed by atoms with van der Waals surface area (Å²) in [7, 11) is -0.226. The molecule has 0 aromatic carbocycles. The summed E-state index contributed by atoms with van der Waals surface area (Å²) in [6, 6.07) is 6.22. The van der Waals surface area contributed by atoms with Gasteiger partial charge in [0.2, 0.25) is 0 Å². The number of hydrogen-bond acceptors (Lipinski definition) is 3. The average molecular weight is 521 g/mol. The molecule has 0 saturated carbocycles. The van der Waals surface area contributed by atoms with Crippen LogP contribution < -0.4 is 0 Å². The molecule has 141 valence electrons. The third kappa shape index (κ3) is 4.32. The zero-order chi connectivity index (χ0) is 16.0. The van der Waals surface area contributed by atoms with Gasteiger partial charge >= 0.3 is 0 Å². The summed E-state index contributed by atoms with van der Waals surface area (Å²) in [5.41, 5.74) is 6.23. The van der Waals surface area contributed by atoms with Gasteiger partial charge < -0.3 is 28.6 Å². The minimum atomic E-state index is -0.226. The normalized spacial score (nSPS) is 10.2. The maximum atomic E-state index is 4.66. The molecule has 0 N–H and O–H groups in total. The predicted molar refractivity (Wildman–Crippen MR) is 99.9 cm³/mol. The second-order valence-electron chi connectivity index (χ2n) is 5.96. The van der Waals surface area contributed by atoms with Crippen LogP contribution in [0.4, 0.5) is 0 Å². The van der Waals surface area contributed by atoms with Crippen LogP contribution in [0.25, 0.3) is 0 Å². The van der Waals surface area contributed by atoms with E-state index in [1.165, 1.54) is 0 Å². The van der Waals surface area contributed by atoms with Gasteiger partial charge in [-0.15, -0.1) is 0 Å². The summed E-state index contributed by atoms with van der Waals surface area (Å²) in [6.45, 7) is 12.2. The zero-order valence-electron chi connectivity index (χ0n) is 16.3. The van der Waals surface area contributed by atoms with Gasteiger partial charge in [0.1, 0.15) is 0 Å². The molecule has 25 heavy (non-hydrogen) atoms. The van der Waals surface area contributed by atoms with Crippen molar-refractivity contribution in [1.82, 2.24) is 29.1 Å². The Balaban J connectivity index is 0.00000192. The monoisotopic (exact) mass is 521 g/mol. The van der Waals surface area contributed by atoms with Crippen molar-refractivity contribution in [3.63, 3.8) is 0 Å². The van der Waals surface area contributed by atoms with Crippen LogP contribution in [0.3, 0.4) is 0 Å². The molecule has 3 heterocycles. The number of nitrogens with zero attached hydrogens (tertiary/aromatic N) is 6. The van der Waals surface area contributed by atoms with Crippen molar-refractivity contribution < 1.29 is 21.1 Å².